The van der Waals surface area contributed by atoms with Crippen LogP contribution in [0.4, 0.5) is 0 Å². The topological polar surface area (TPSA) is 38.7 Å². The fourth-order valence-corrected chi connectivity index (χ4v) is 3.86. The number of benzene rings is 1. The van der Waals surface area contributed by atoms with E-state index in [1.165, 1.54) is 4.88 Å². The maximum atomic E-state index is 10.7. The molecule has 0 saturated heterocycles. The molecule has 2 aromatic rings. The average Bonchev–Trinajstić information content (AvgIpc) is 2.76. The Morgan fingerprint density at radius 1 is 1.15 bits per heavy atom. The highest BCUT2D eigenvalue weighted by Gasteiger charge is 2.22. The number of aliphatic hydroxyl groups is 1. The SMILES string of the molecule is COc1ccc(C(O)c2cc(C)sc2C)c(OC)c1Br. The second-order valence-corrected chi connectivity index (χ2v) is 6.73. The van der Waals surface area contributed by atoms with E-state index in [9.17, 15) is 5.11 Å². The van der Waals surface area contributed by atoms with Gasteiger partial charge in [0.2, 0.25) is 0 Å². The van der Waals surface area contributed by atoms with E-state index in [1.807, 2.05) is 32.0 Å². The molecule has 0 bridgehead atoms. The molecule has 1 unspecified atom stereocenters. The highest BCUT2D eigenvalue weighted by Crippen LogP contribution is 2.42. The van der Waals surface area contributed by atoms with Crippen molar-refractivity contribution in [2.45, 2.75) is 20.0 Å². The van der Waals surface area contributed by atoms with Crippen molar-refractivity contribution in [2.75, 3.05) is 14.2 Å². The van der Waals surface area contributed by atoms with E-state index >= 15 is 0 Å². The Hall–Kier alpha value is -1.04. The maximum Gasteiger partial charge on any atom is 0.142 e. The minimum atomic E-state index is -0.711. The van der Waals surface area contributed by atoms with Crippen LogP contribution in [0.1, 0.15) is 27.0 Å². The summed E-state index contributed by atoms with van der Waals surface area (Å²) in [6, 6.07) is 5.67. The van der Waals surface area contributed by atoms with Gasteiger partial charge in [-0.3, -0.25) is 0 Å². The van der Waals surface area contributed by atoms with Gasteiger partial charge in [-0.15, -0.1) is 11.3 Å². The van der Waals surface area contributed by atoms with Crippen LogP contribution in [0, 0.1) is 13.8 Å². The third kappa shape index (κ3) is 2.71. The minimum Gasteiger partial charge on any atom is -0.495 e. The molecular formula is C15H17BrO3S. The summed E-state index contributed by atoms with van der Waals surface area (Å²) in [5.74, 6) is 1.27. The van der Waals surface area contributed by atoms with Crippen LogP contribution in [0.15, 0.2) is 22.7 Å². The van der Waals surface area contributed by atoms with Crippen molar-refractivity contribution in [3.8, 4) is 11.5 Å². The molecule has 20 heavy (non-hydrogen) atoms. The van der Waals surface area contributed by atoms with Gasteiger partial charge < -0.3 is 14.6 Å². The number of halogens is 1. The van der Waals surface area contributed by atoms with Crippen LogP contribution >= 0.6 is 27.3 Å². The first-order chi connectivity index (χ1) is 9.49. The number of hydrogen-bond acceptors (Lipinski definition) is 4. The molecule has 0 amide bonds. The van der Waals surface area contributed by atoms with Gasteiger partial charge in [0.15, 0.2) is 0 Å². The van der Waals surface area contributed by atoms with Crippen molar-refractivity contribution >= 4 is 27.3 Å². The van der Waals surface area contributed by atoms with E-state index < -0.39 is 6.10 Å². The molecule has 5 heteroatoms. The zero-order chi connectivity index (χ0) is 14.9. The zero-order valence-electron chi connectivity index (χ0n) is 11.9. The largest absolute Gasteiger partial charge is 0.495 e. The summed E-state index contributed by atoms with van der Waals surface area (Å²) in [6.07, 6.45) is -0.711. The molecule has 3 nitrogen and oxygen atoms in total. The summed E-state index contributed by atoms with van der Waals surface area (Å²) < 4.78 is 11.4. The standard InChI is InChI=1S/C15H17BrO3S/c1-8-7-11(9(2)20-8)14(17)10-5-6-12(18-3)13(16)15(10)19-4/h5-7,14,17H,1-4H3. The lowest BCUT2D eigenvalue weighted by Crippen LogP contribution is -2.04. The summed E-state index contributed by atoms with van der Waals surface area (Å²) in [5.41, 5.74) is 1.64. The first-order valence-corrected chi connectivity index (χ1v) is 7.76. The summed E-state index contributed by atoms with van der Waals surface area (Å²) in [5, 5.41) is 10.7. The van der Waals surface area contributed by atoms with Gasteiger partial charge in [-0.2, -0.15) is 0 Å². The van der Waals surface area contributed by atoms with Crippen molar-refractivity contribution in [1.29, 1.82) is 0 Å². The third-order valence-electron chi connectivity index (χ3n) is 3.18. The van der Waals surface area contributed by atoms with Gasteiger partial charge in [0.25, 0.3) is 0 Å². The monoisotopic (exact) mass is 356 g/mol. The van der Waals surface area contributed by atoms with Gasteiger partial charge in [0.05, 0.1) is 14.2 Å². The minimum absolute atomic E-state index is 0.597. The number of methoxy groups -OCH3 is 2. The molecule has 1 aromatic heterocycles. The van der Waals surface area contributed by atoms with Crippen LogP contribution in [0.2, 0.25) is 0 Å². The van der Waals surface area contributed by atoms with E-state index in [4.69, 9.17) is 9.47 Å². The van der Waals surface area contributed by atoms with Gasteiger partial charge >= 0.3 is 0 Å². The summed E-state index contributed by atoms with van der Waals surface area (Å²) >= 11 is 5.14. The van der Waals surface area contributed by atoms with Crippen LogP contribution < -0.4 is 9.47 Å². The van der Waals surface area contributed by atoms with Crippen LogP contribution in [0.5, 0.6) is 11.5 Å². The van der Waals surface area contributed by atoms with Gasteiger partial charge in [-0.25, -0.2) is 0 Å². The Kier molecular flexibility index (Phi) is 4.73. The molecule has 2 rings (SSSR count). The van der Waals surface area contributed by atoms with E-state index in [0.29, 0.717) is 16.0 Å². The zero-order valence-corrected chi connectivity index (χ0v) is 14.3. The molecule has 1 atom stereocenters. The Morgan fingerprint density at radius 3 is 2.35 bits per heavy atom. The third-order valence-corrected chi connectivity index (χ3v) is 4.92. The number of thiophene rings is 1. The Labute approximate surface area is 131 Å². The van der Waals surface area contributed by atoms with Gasteiger partial charge in [0, 0.05) is 15.3 Å². The van der Waals surface area contributed by atoms with Crippen LogP contribution in [0.3, 0.4) is 0 Å². The fourth-order valence-electron chi connectivity index (χ4n) is 2.22. The first kappa shape index (κ1) is 15.4. The van der Waals surface area contributed by atoms with Crippen molar-refractivity contribution in [3.05, 3.63) is 43.6 Å². The maximum absolute atomic E-state index is 10.7. The molecule has 108 valence electrons. The predicted molar refractivity (Wildman–Crippen MR) is 85.1 cm³/mol. The molecule has 1 heterocycles. The lowest BCUT2D eigenvalue weighted by atomic mass is 10.0. The summed E-state index contributed by atoms with van der Waals surface area (Å²) in [7, 11) is 3.18. The number of rotatable bonds is 4. The lowest BCUT2D eigenvalue weighted by Gasteiger charge is -2.17. The molecule has 1 N–H and O–H groups in total. The second kappa shape index (κ2) is 6.16. The predicted octanol–water partition coefficient (Wildman–Crippen LogP) is 4.23. The van der Waals surface area contributed by atoms with Crippen molar-refractivity contribution in [2.24, 2.45) is 0 Å². The highest BCUT2D eigenvalue weighted by atomic mass is 79.9. The molecule has 0 spiro atoms. The number of aryl methyl sites for hydroxylation is 2. The molecule has 0 radical (unpaired) electrons. The Morgan fingerprint density at radius 2 is 1.85 bits per heavy atom. The smallest absolute Gasteiger partial charge is 0.142 e. The number of ether oxygens (including phenoxy) is 2. The van der Waals surface area contributed by atoms with Crippen molar-refractivity contribution in [1.82, 2.24) is 0 Å². The summed E-state index contributed by atoms with van der Waals surface area (Å²) in [4.78, 5) is 2.30. The van der Waals surface area contributed by atoms with Crippen LogP contribution in [-0.4, -0.2) is 19.3 Å². The number of aliphatic hydroxyl groups excluding tert-OH is 1. The first-order valence-electron chi connectivity index (χ1n) is 6.15. The second-order valence-electron chi connectivity index (χ2n) is 4.48. The molecule has 0 saturated carbocycles. The molecule has 0 aliphatic carbocycles. The van der Waals surface area contributed by atoms with E-state index in [1.54, 1.807) is 25.6 Å². The van der Waals surface area contributed by atoms with Crippen LogP contribution in [0.25, 0.3) is 0 Å². The van der Waals surface area contributed by atoms with E-state index in [-0.39, 0.29) is 0 Å². The quantitative estimate of drug-likeness (QED) is 0.890. The Bertz CT molecular complexity index is 622. The molecule has 0 aliphatic rings. The van der Waals surface area contributed by atoms with E-state index in [2.05, 4.69) is 15.9 Å². The lowest BCUT2D eigenvalue weighted by molar-refractivity contribution is 0.214. The number of hydrogen-bond donors (Lipinski definition) is 1. The van der Waals surface area contributed by atoms with Gasteiger partial charge in [-0.1, -0.05) is 0 Å². The molecular weight excluding hydrogens is 340 g/mol. The van der Waals surface area contributed by atoms with Gasteiger partial charge in [-0.05, 0) is 53.5 Å². The van der Waals surface area contributed by atoms with Crippen LogP contribution in [-0.2, 0) is 0 Å². The molecule has 1 aromatic carbocycles. The van der Waals surface area contributed by atoms with Crippen molar-refractivity contribution in [3.63, 3.8) is 0 Å². The fraction of sp³-hybridized carbons (Fsp3) is 0.333. The van der Waals surface area contributed by atoms with E-state index in [0.717, 1.165) is 16.0 Å². The van der Waals surface area contributed by atoms with Gasteiger partial charge in [0.1, 0.15) is 22.1 Å². The molecule has 0 aliphatic heterocycles. The average molecular weight is 357 g/mol. The Balaban J connectivity index is 2.52. The molecule has 0 fully saturated rings. The normalized spacial score (nSPS) is 12.3. The highest BCUT2D eigenvalue weighted by molar-refractivity contribution is 9.10. The summed E-state index contributed by atoms with van der Waals surface area (Å²) in [6.45, 7) is 4.05. The van der Waals surface area contributed by atoms with Crippen molar-refractivity contribution < 1.29 is 14.6 Å².